The number of hydrogen-bond donors (Lipinski definition) is 0. The van der Waals surface area contributed by atoms with Gasteiger partial charge in [-0.05, 0) is 73.4 Å². The summed E-state index contributed by atoms with van der Waals surface area (Å²) < 4.78 is 13.3. The van der Waals surface area contributed by atoms with Gasteiger partial charge in [0.1, 0.15) is 5.82 Å². The number of pyridine rings is 1. The zero-order chi connectivity index (χ0) is 24.5. The van der Waals surface area contributed by atoms with Gasteiger partial charge in [-0.3, -0.25) is 14.0 Å². The molecule has 1 aromatic carbocycles. The Bertz CT molecular complexity index is 1120. The van der Waals surface area contributed by atoms with E-state index in [1.54, 1.807) is 16.0 Å². The summed E-state index contributed by atoms with van der Waals surface area (Å²) >= 11 is 0. The van der Waals surface area contributed by atoms with Crippen LogP contribution in [-0.2, 0) is 6.54 Å². The molecule has 5 rings (SSSR count). The van der Waals surface area contributed by atoms with Gasteiger partial charge in [-0.1, -0.05) is 13.3 Å². The molecule has 1 aliphatic carbocycles. The van der Waals surface area contributed by atoms with Crippen LogP contribution in [0.5, 0.6) is 0 Å². The lowest BCUT2D eigenvalue weighted by Gasteiger charge is -2.34. The van der Waals surface area contributed by atoms with Crippen LogP contribution in [0.2, 0.25) is 0 Å². The number of hydrogen-bond acceptors (Lipinski definition) is 4. The summed E-state index contributed by atoms with van der Waals surface area (Å²) in [5, 5.41) is 0. The Labute approximate surface area is 207 Å². The van der Waals surface area contributed by atoms with Gasteiger partial charge in [-0.25, -0.2) is 4.98 Å². The van der Waals surface area contributed by atoms with E-state index in [2.05, 4.69) is 17.9 Å². The van der Waals surface area contributed by atoms with E-state index in [0.29, 0.717) is 31.1 Å². The maximum atomic E-state index is 13.3. The van der Waals surface area contributed by atoms with Gasteiger partial charge in [-0.2, -0.15) is 0 Å². The number of rotatable bonds is 7. The second kappa shape index (κ2) is 9.96. The van der Waals surface area contributed by atoms with Gasteiger partial charge in [-0.15, -0.1) is 0 Å². The van der Waals surface area contributed by atoms with Crippen LogP contribution in [0, 0.1) is 5.92 Å². The lowest BCUT2D eigenvalue weighted by molar-refractivity contribution is 0.0655. The third-order valence-electron chi connectivity index (χ3n) is 7.80. The molecule has 2 aromatic rings. The van der Waals surface area contributed by atoms with Crippen molar-refractivity contribution in [3.05, 3.63) is 52.7 Å². The summed E-state index contributed by atoms with van der Waals surface area (Å²) in [7, 11) is 1.83. The lowest BCUT2D eigenvalue weighted by Crippen LogP contribution is -2.40. The average molecular weight is 479 g/mol. The SMILES string of the molecule is CCCN(c1ccc2c(c1)CN(C)C2=O)c1ncc(C(=O)N2CCCC(CF)C2)cc1C1CCC1. The second-order valence-corrected chi connectivity index (χ2v) is 10.3. The molecule has 6 nitrogen and oxygen atoms in total. The number of carbonyl (C=O) groups excluding carboxylic acids is 2. The molecule has 1 saturated heterocycles. The smallest absolute Gasteiger partial charge is 0.255 e. The van der Waals surface area contributed by atoms with Crippen molar-refractivity contribution in [2.45, 2.75) is 57.9 Å². The van der Waals surface area contributed by atoms with Crippen molar-refractivity contribution in [1.82, 2.24) is 14.8 Å². The molecule has 2 aliphatic heterocycles. The number of piperidine rings is 1. The van der Waals surface area contributed by atoms with Crippen LogP contribution in [0.3, 0.4) is 0 Å². The molecule has 0 bridgehead atoms. The summed E-state index contributed by atoms with van der Waals surface area (Å²) in [5.74, 6) is 1.27. The fourth-order valence-electron chi connectivity index (χ4n) is 5.60. The Hall–Kier alpha value is -2.96. The minimum Gasteiger partial charge on any atom is -0.338 e. The molecule has 1 unspecified atom stereocenters. The molecule has 1 atom stereocenters. The summed E-state index contributed by atoms with van der Waals surface area (Å²) in [6.07, 6.45) is 7.73. The second-order valence-electron chi connectivity index (χ2n) is 10.3. The molecular formula is C28H35FN4O2. The van der Waals surface area contributed by atoms with Gasteiger partial charge >= 0.3 is 0 Å². The van der Waals surface area contributed by atoms with Crippen molar-refractivity contribution in [1.29, 1.82) is 0 Å². The van der Waals surface area contributed by atoms with E-state index in [4.69, 9.17) is 4.98 Å². The lowest BCUT2D eigenvalue weighted by atomic mass is 9.79. The van der Waals surface area contributed by atoms with Gasteiger partial charge in [0.15, 0.2) is 0 Å². The molecule has 1 aromatic heterocycles. The number of anilines is 2. The number of amides is 2. The van der Waals surface area contributed by atoms with Crippen LogP contribution in [-0.4, -0.2) is 60.0 Å². The Kier molecular flexibility index (Phi) is 6.76. The molecule has 7 heteroatoms. The standard InChI is InChI=1S/C28H35FN4O2/c1-3-11-33(23-9-10-24-22(13-23)18-31(2)28(24)35)26-25(20-7-4-8-20)14-21(16-30-26)27(34)32-12-5-6-19(15-29)17-32/h9-10,13-14,16,19-20H,3-8,11-12,15,17-18H2,1-2H3. The molecule has 186 valence electrons. The summed E-state index contributed by atoms with van der Waals surface area (Å²) in [6.45, 7) is 4.36. The van der Waals surface area contributed by atoms with Crippen LogP contribution in [0.4, 0.5) is 15.9 Å². The highest BCUT2D eigenvalue weighted by atomic mass is 19.1. The Balaban J connectivity index is 1.49. The quantitative estimate of drug-likeness (QED) is 0.542. The summed E-state index contributed by atoms with van der Waals surface area (Å²) in [4.78, 5) is 36.4. The maximum Gasteiger partial charge on any atom is 0.255 e. The molecule has 3 aliphatic rings. The van der Waals surface area contributed by atoms with Crippen LogP contribution in [0.15, 0.2) is 30.5 Å². The van der Waals surface area contributed by atoms with Crippen molar-refractivity contribution >= 4 is 23.3 Å². The first-order valence-electron chi connectivity index (χ1n) is 13.0. The van der Waals surface area contributed by atoms with Gasteiger partial charge in [0.05, 0.1) is 12.2 Å². The highest BCUT2D eigenvalue weighted by Crippen LogP contribution is 2.42. The maximum absolute atomic E-state index is 13.3. The third kappa shape index (κ3) is 4.53. The fourth-order valence-corrected chi connectivity index (χ4v) is 5.60. The van der Waals surface area contributed by atoms with E-state index >= 15 is 0 Å². The molecule has 35 heavy (non-hydrogen) atoms. The van der Waals surface area contributed by atoms with Crippen molar-refractivity contribution in [2.75, 3.05) is 38.3 Å². The van der Waals surface area contributed by atoms with E-state index in [-0.39, 0.29) is 24.4 Å². The zero-order valence-electron chi connectivity index (χ0n) is 20.8. The van der Waals surface area contributed by atoms with E-state index in [1.807, 2.05) is 25.2 Å². The van der Waals surface area contributed by atoms with Gasteiger partial charge < -0.3 is 14.7 Å². The number of halogens is 1. The van der Waals surface area contributed by atoms with E-state index in [9.17, 15) is 14.0 Å². The van der Waals surface area contributed by atoms with Crippen molar-refractivity contribution in [3.63, 3.8) is 0 Å². The molecule has 0 N–H and O–H groups in total. The van der Waals surface area contributed by atoms with Crippen molar-refractivity contribution < 1.29 is 14.0 Å². The Morgan fingerprint density at radius 3 is 2.74 bits per heavy atom. The largest absolute Gasteiger partial charge is 0.338 e. The first-order valence-corrected chi connectivity index (χ1v) is 13.0. The molecule has 3 heterocycles. The third-order valence-corrected chi connectivity index (χ3v) is 7.80. The summed E-state index contributed by atoms with van der Waals surface area (Å²) in [5.41, 5.74) is 4.58. The number of aromatic nitrogens is 1. The van der Waals surface area contributed by atoms with E-state index in [1.165, 1.54) is 6.42 Å². The zero-order valence-corrected chi connectivity index (χ0v) is 20.8. The highest BCUT2D eigenvalue weighted by Gasteiger charge is 2.30. The first kappa shape index (κ1) is 23.8. The Morgan fingerprint density at radius 2 is 2.03 bits per heavy atom. The number of fused-ring (bicyclic) bond motifs is 1. The van der Waals surface area contributed by atoms with Gasteiger partial charge in [0.2, 0.25) is 0 Å². The predicted octanol–water partition coefficient (Wildman–Crippen LogP) is 5.30. The minimum atomic E-state index is -0.373. The van der Waals surface area contributed by atoms with Crippen LogP contribution >= 0.6 is 0 Å². The number of alkyl halides is 1. The predicted molar refractivity (Wildman–Crippen MR) is 135 cm³/mol. The molecular weight excluding hydrogens is 443 g/mol. The van der Waals surface area contributed by atoms with Crippen molar-refractivity contribution in [3.8, 4) is 0 Å². The average Bonchev–Trinajstić information content (AvgIpc) is 3.13. The fraction of sp³-hybridized carbons (Fsp3) is 0.536. The van der Waals surface area contributed by atoms with Crippen molar-refractivity contribution in [2.24, 2.45) is 5.92 Å². The van der Waals surface area contributed by atoms with E-state index in [0.717, 1.165) is 66.8 Å². The van der Waals surface area contributed by atoms with Crippen LogP contribution < -0.4 is 4.90 Å². The molecule has 0 spiro atoms. The molecule has 0 radical (unpaired) electrons. The first-order chi connectivity index (χ1) is 17.0. The van der Waals surface area contributed by atoms with Gasteiger partial charge in [0, 0.05) is 56.6 Å². The van der Waals surface area contributed by atoms with Gasteiger partial charge in [0.25, 0.3) is 11.8 Å². The monoisotopic (exact) mass is 478 g/mol. The topological polar surface area (TPSA) is 56.8 Å². The van der Waals surface area contributed by atoms with Crippen LogP contribution in [0.25, 0.3) is 0 Å². The normalized spacial score (nSPS) is 20.1. The molecule has 2 amide bonds. The minimum absolute atomic E-state index is 0.0381. The highest BCUT2D eigenvalue weighted by molar-refractivity contribution is 5.99. The summed E-state index contributed by atoms with van der Waals surface area (Å²) in [6, 6.07) is 8.10. The molecule has 1 saturated carbocycles. The van der Waals surface area contributed by atoms with Crippen LogP contribution in [0.1, 0.15) is 83.2 Å². The number of likely N-dealkylation sites (tertiary alicyclic amines) is 1. The molecule has 2 fully saturated rings. The number of carbonyl (C=O) groups is 2. The number of benzene rings is 1. The number of nitrogens with zero attached hydrogens (tertiary/aromatic N) is 4. The Morgan fingerprint density at radius 1 is 1.20 bits per heavy atom. The van der Waals surface area contributed by atoms with E-state index < -0.39 is 0 Å².